The van der Waals surface area contributed by atoms with Gasteiger partial charge in [0.1, 0.15) is 51.6 Å². The summed E-state index contributed by atoms with van der Waals surface area (Å²) in [6.45, 7) is 2.42. The number of aliphatic hydroxyl groups is 1. The summed E-state index contributed by atoms with van der Waals surface area (Å²) in [5.41, 5.74) is 9.50. The zero-order valence-electron chi connectivity index (χ0n) is 42.2. The van der Waals surface area contributed by atoms with Crippen LogP contribution in [0.2, 0.25) is 0 Å². The standard InChI is InChI=1S/C28H30F3N5O6.C24H19F5N4O4/c1-4-41-27(39)18-11-15(33-24(37)14-5-6-14)12-36(18)26(38)22-23(13(2)32)42-25(35-22)17-7-9-19(40-3)21-16(17)8-10-20(34-21)28(29,30)31;1-36-17-6-4-14(13-5-7-18(24(27,28)29)32-19(13)17)23-33-20(21(37-23)16(30)10-34)22(35)31-9-11-2-3-12(25)8-15(11)26/h7-10,13-15,18H,4-6,11-12,32H2,1-3H3,(H,33,37);2-8,16,34H,9-10,30H2,1H3,(H,31,35)/t13-,15+,18-;16-/m00/s1. The van der Waals surface area contributed by atoms with Crippen LogP contribution >= 0.6 is 0 Å². The number of hydrogen-bond donors (Lipinski definition) is 5. The third-order valence-corrected chi connectivity index (χ3v) is 12.7. The van der Waals surface area contributed by atoms with Gasteiger partial charge >= 0.3 is 18.3 Å². The zero-order chi connectivity index (χ0) is 57.2. The molecule has 0 radical (unpaired) electrons. The van der Waals surface area contributed by atoms with Gasteiger partial charge in [-0.2, -0.15) is 26.3 Å². The molecule has 0 spiro atoms. The SMILES string of the molecule is CCOC(=O)[C@@H]1C[C@@H](NC(=O)C2CC2)CN1C(=O)c1nc(-c2ccc(OC)c3nc(C(F)(F)F)ccc23)oc1[C@H](C)N.COc1ccc(-c2nc(C(=O)NCc3ccc(F)cc3F)c([C@@H](N)CO)o2)c2ccc(C(F)(F)F)nc12. The van der Waals surface area contributed by atoms with Crippen LogP contribution in [-0.2, 0) is 33.2 Å². The minimum absolute atomic E-state index is 0.000772. The van der Waals surface area contributed by atoms with E-state index in [0.29, 0.717) is 6.07 Å². The van der Waals surface area contributed by atoms with Crippen LogP contribution < -0.4 is 31.6 Å². The number of nitrogens with one attached hydrogen (secondary N) is 2. The molecule has 4 atom stereocenters. The predicted octanol–water partition coefficient (Wildman–Crippen LogP) is 7.73. The van der Waals surface area contributed by atoms with E-state index in [4.69, 9.17) is 34.5 Å². The Hall–Kier alpha value is -8.30. The highest BCUT2D eigenvalue weighted by atomic mass is 19.4. The Bertz CT molecular complexity index is 3460. The van der Waals surface area contributed by atoms with Crippen molar-refractivity contribution in [3.63, 3.8) is 0 Å². The molecule has 418 valence electrons. The third kappa shape index (κ3) is 12.2. The molecule has 7 aromatic rings. The number of methoxy groups -OCH3 is 2. The Morgan fingerprint density at radius 1 is 0.785 bits per heavy atom. The largest absolute Gasteiger partial charge is 0.494 e. The lowest BCUT2D eigenvalue weighted by Gasteiger charge is -2.22. The number of ether oxygens (including phenoxy) is 3. The van der Waals surface area contributed by atoms with Crippen molar-refractivity contribution >= 4 is 45.5 Å². The number of halogens is 8. The minimum atomic E-state index is -4.70. The number of carbonyl (C=O) groups excluding carboxylic acids is 4. The normalized spacial score (nSPS) is 16.3. The molecule has 1 aliphatic heterocycles. The molecule has 1 aliphatic carbocycles. The highest BCUT2D eigenvalue weighted by Crippen LogP contribution is 2.40. The van der Waals surface area contributed by atoms with Gasteiger partial charge in [-0.05, 0) is 81.3 Å². The van der Waals surface area contributed by atoms with Crippen LogP contribution in [0.4, 0.5) is 35.1 Å². The van der Waals surface area contributed by atoms with Crippen molar-refractivity contribution in [2.24, 2.45) is 17.4 Å². The molecule has 2 aliphatic rings. The summed E-state index contributed by atoms with van der Waals surface area (Å²) in [7, 11) is 2.58. The third-order valence-electron chi connectivity index (χ3n) is 12.7. The molecule has 1 saturated heterocycles. The number of likely N-dealkylation sites (tertiary alicyclic amines) is 1. The van der Waals surface area contributed by atoms with Crippen molar-refractivity contribution in [1.82, 2.24) is 35.5 Å². The molecular formula is C52H49F8N9O10. The number of alkyl halides is 6. The average molecular weight is 1110 g/mol. The van der Waals surface area contributed by atoms with Gasteiger partial charge in [-0.25, -0.2) is 33.5 Å². The van der Waals surface area contributed by atoms with Gasteiger partial charge in [0.15, 0.2) is 22.9 Å². The lowest BCUT2D eigenvalue weighted by molar-refractivity contribution is -0.147. The van der Waals surface area contributed by atoms with E-state index in [0.717, 1.165) is 43.2 Å². The van der Waals surface area contributed by atoms with Crippen LogP contribution in [0.5, 0.6) is 11.5 Å². The van der Waals surface area contributed by atoms with Crippen LogP contribution in [0.25, 0.3) is 44.7 Å². The second-order valence-electron chi connectivity index (χ2n) is 18.2. The van der Waals surface area contributed by atoms with Crippen molar-refractivity contribution < 1.29 is 82.5 Å². The Labute approximate surface area is 442 Å². The summed E-state index contributed by atoms with van der Waals surface area (Å²) < 4.78 is 134. The van der Waals surface area contributed by atoms with Gasteiger partial charge in [0.05, 0.1) is 39.5 Å². The van der Waals surface area contributed by atoms with E-state index in [9.17, 15) is 59.4 Å². The van der Waals surface area contributed by atoms with Crippen molar-refractivity contribution in [3.05, 3.63) is 118 Å². The lowest BCUT2D eigenvalue weighted by Crippen LogP contribution is -2.43. The summed E-state index contributed by atoms with van der Waals surface area (Å²) in [5.74, 6) is -4.24. The van der Waals surface area contributed by atoms with Crippen LogP contribution in [-0.4, -0.2) is 99.7 Å². The van der Waals surface area contributed by atoms with Gasteiger partial charge in [0.25, 0.3) is 11.8 Å². The fourth-order valence-corrected chi connectivity index (χ4v) is 8.61. The van der Waals surface area contributed by atoms with Gasteiger partial charge in [-0.1, -0.05) is 6.07 Å². The van der Waals surface area contributed by atoms with E-state index in [1.165, 1.54) is 49.5 Å². The molecule has 5 heterocycles. The Morgan fingerprint density at radius 3 is 1.84 bits per heavy atom. The van der Waals surface area contributed by atoms with Crippen molar-refractivity contribution in [3.8, 4) is 34.4 Å². The van der Waals surface area contributed by atoms with Crippen molar-refractivity contribution in [2.75, 3.05) is 34.0 Å². The number of hydrogen-bond acceptors (Lipinski definition) is 16. The molecule has 2 fully saturated rings. The number of carbonyl (C=O) groups is 4. The average Bonchev–Trinajstić information content (AvgIpc) is 3.90. The Morgan fingerprint density at radius 2 is 1.34 bits per heavy atom. The van der Waals surface area contributed by atoms with Crippen molar-refractivity contribution in [2.45, 2.75) is 76.2 Å². The summed E-state index contributed by atoms with van der Waals surface area (Å²) in [5, 5.41) is 15.3. The molecule has 9 rings (SSSR count). The molecule has 0 bridgehead atoms. The first-order chi connectivity index (χ1) is 37.4. The fraction of sp³-hybridized carbons (Fsp3) is 0.346. The highest BCUT2D eigenvalue weighted by molar-refractivity contribution is 6.00. The lowest BCUT2D eigenvalue weighted by atomic mass is 10.1. The quantitative estimate of drug-likeness (QED) is 0.0485. The number of nitrogens with two attached hydrogens (primary N) is 2. The molecule has 0 unspecified atom stereocenters. The minimum Gasteiger partial charge on any atom is -0.494 e. The number of aliphatic hydroxyl groups excluding tert-OH is 1. The van der Waals surface area contributed by atoms with Gasteiger partial charge in [0.2, 0.25) is 17.7 Å². The van der Waals surface area contributed by atoms with Crippen LogP contribution in [0, 0.1) is 17.6 Å². The van der Waals surface area contributed by atoms with E-state index in [2.05, 4.69) is 30.6 Å². The Kier molecular flexibility index (Phi) is 16.5. The van der Waals surface area contributed by atoms with Crippen LogP contribution in [0.15, 0.2) is 75.6 Å². The van der Waals surface area contributed by atoms with E-state index in [1.54, 1.807) is 13.8 Å². The van der Waals surface area contributed by atoms with Gasteiger partial charge in [-0.15, -0.1) is 0 Å². The highest BCUT2D eigenvalue weighted by Gasteiger charge is 2.45. The molecule has 7 N–H and O–H groups in total. The first kappa shape index (κ1) is 56.9. The number of nitrogens with zero attached hydrogens (tertiary/aromatic N) is 5. The second-order valence-corrected chi connectivity index (χ2v) is 18.2. The Balaban J connectivity index is 0.000000210. The molecule has 4 aromatic heterocycles. The second kappa shape index (κ2) is 23.0. The summed E-state index contributed by atoms with van der Waals surface area (Å²) >= 11 is 0. The maximum absolute atomic E-state index is 13.9. The first-order valence-electron chi connectivity index (χ1n) is 24.2. The fourth-order valence-electron chi connectivity index (χ4n) is 8.61. The molecule has 19 nitrogen and oxygen atoms in total. The van der Waals surface area contributed by atoms with E-state index >= 15 is 0 Å². The number of benzene rings is 3. The maximum Gasteiger partial charge on any atom is 0.433 e. The monoisotopic (exact) mass is 1110 g/mol. The van der Waals surface area contributed by atoms with Crippen molar-refractivity contribution in [1.29, 1.82) is 0 Å². The number of pyridine rings is 2. The smallest absolute Gasteiger partial charge is 0.433 e. The number of fused-ring (bicyclic) bond motifs is 2. The summed E-state index contributed by atoms with van der Waals surface area (Å²) in [6.07, 6.45) is -7.61. The van der Waals surface area contributed by atoms with Gasteiger partial charge < -0.3 is 55.2 Å². The van der Waals surface area contributed by atoms with E-state index in [1.807, 2.05) is 0 Å². The van der Waals surface area contributed by atoms with Gasteiger partial charge in [0, 0.05) is 65.0 Å². The molecule has 1 saturated carbocycles. The van der Waals surface area contributed by atoms with E-state index in [-0.39, 0.29) is 123 Å². The topological polar surface area (TPSA) is 273 Å². The van der Waals surface area contributed by atoms with Crippen LogP contribution in [0.3, 0.4) is 0 Å². The molecule has 27 heteroatoms. The molecular weight excluding hydrogens is 1060 g/mol. The van der Waals surface area contributed by atoms with Gasteiger partial charge in [-0.3, -0.25) is 14.4 Å². The number of aromatic nitrogens is 4. The molecule has 3 aromatic carbocycles. The summed E-state index contributed by atoms with van der Waals surface area (Å²) in [6, 6.07) is 9.17. The predicted molar refractivity (Wildman–Crippen MR) is 262 cm³/mol. The number of oxazole rings is 2. The molecule has 3 amide bonds. The zero-order valence-corrected chi connectivity index (χ0v) is 42.2. The first-order valence-corrected chi connectivity index (χ1v) is 24.2. The maximum atomic E-state index is 13.9. The van der Waals surface area contributed by atoms with E-state index < -0.39 is 83.9 Å². The number of amides is 3. The molecule has 79 heavy (non-hydrogen) atoms. The van der Waals surface area contributed by atoms with Crippen LogP contribution in [0.1, 0.15) is 94.6 Å². The number of esters is 1. The summed E-state index contributed by atoms with van der Waals surface area (Å²) in [4.78, 5) is 69.3. The number of rotatable bonds is 15.